The quantitative estimate of drug-likeness (QED) is 0.503. The first-order chi connectivity index (χ1) is 5.99. The van der Waals surface area contributed by atoms with Crippen LogP contribution in [0.2, 0.25) is 0 Å². The van der Waals surface area contributed by atoms with Crippen LogP contribution in [-0.2, 0) is 9.59 Å². The third kappa shape index (κ3) is 4.10. The van der Waals surface area contributed by atoms with Crippen LogP contribution >= 0.6 is 0 Å². The van der Waals surface area contributed by atoms with Crippen molar-refractivity contribution in [2.75, 3.05) is 13.6 Å². The summed E-state index contributed by atoms with van der Waals surface area (Å²) < 4.78 is 0. The molecule has 4 nitrogen and oxygen atoms in total. The summed E-state index contributed by atoms with van der Waals surface area (Å²) in [5.74, 6) is -1.41. The van der Waals surface area contributed by atoms with Gasteiger partial charge in [-0.25, -0.2) is 4.79 Å². The van der Waals surface area contributed by atoms with E-state index in [9.17, 15) is 9.59 Å². The van der Waals surface area contributed by atoms with Gasteiger partial charge in [0.1, 0.15) is 0 Å². The molecule has 13 heavy (non-hydrogen) atoms. The van der Waals surface area contributed by atoms with E-state index < -0.39 is 5.97 Å². The van der Waals surface area contributed by atoms with Crippen LogP contribution in [0, 0.1) is 0 Å². The number of amides is 1. The largest absolute Gasteiger partial charge is 0.478 e. The van der Waals surface area contributed by atoms with Gasteiger partial charge in [-0.2, -0.15) is 0 Å². The molecule has 0 aliphatic heterocycles. The molecule has 0 heterocycles. The van der Waals surface area contributed by atoms with Gasteiger partial charge in [0.05, 0.1) is 6.42 Å². The lowest BCUT2D eigenvalue weighted by Gasteiger charge is -2.14. The maximum absolute atomic E-state index is 11.2. The Morgan fingerprint density at radius 1 is 1.54 bits per heavy atom. The van der Waals surface area contributed by atoms with Crippen molar-refractivity contribution in [3.63, 3.8) is 0 Å². The summed E-state index contributed by atoms with van der Waals surface area (Å²) in [5, 5.41) is 8.45. The molecule has 0 radical (unpaired) electrons. The summed E-state index contributed by atoms with van der Waals surface area (Å²) in [6, 6.07) is 0. The van der Waals surface area contributed by atoms with Crippen molar-refractivity contribution < 1.29 is 14.7 Å². The highest BCUT2D eigenvalue weighted by Gasteiger charge is 2.12. The topological polar surface area (TPSA) is 57.6 Å². The zero-order chi connectivity index (χ0) is 10.4. The standard InChI is InChI=1S/C9H13NO3/c1-4-5-10(3)8(11)6-7(2)9(12)13/h4H,1-2,5-6H2,3H3,(H,12,13). The molecule has 0 spiro atoms. The summed E-state index contributed by atoms with van der Waals surface area (Å²) >= 11 is 0. The van der Waals surface area contributed by atoms with E-state index in [0.29, 0.717) is 6.54 Å². The van der Waals surface area contributed by atoms with Crippen LogP contribution in [0.15, 0.2) is 24.8 Å². The van der Waals surface area contributed by atoms with Gasteiger partial charge in [0.25, 0.3) is 0 Å². The Labute approximate surface area is 77.2 Å². The summed E-state index contributed by atoms with van der Waals surface area (Å²) in [4.78, 5) is 22.9. The molecule has 0 saturated carbocycles. The second-order valence-corrected chi connectivity index (χ2v) is 2.65. The minimum Gasteiger partial charge on any atom is -0.478 e. The Balaban J connectivity index is 4.07. The number of carbonyl (C=O) groups is 2. The summed E-state index contributed by atoms with van der Waals surface area (Å²) in [6.07, 6.45) is 1.42. The highest BCUT2D eigenvalue weighted by molar-refractivity contribution is 5.93. The predicted molar refractivity (Wildman–Crippen MR) is 49.2 cm³/mol. The van der Waals surface area contributed by atoms with Crippen molar-refractivity contribution >= 4 is 11.9 Å². The third-order valence-corrected chi connectivity index (χ3v) is 1.50. The van der Waals surface area contributed by atoms with Crippen LogP contribution in [0.25, 0.3) is 0 Å². The molecular formula is C9H13NO3. The minimum atomic E-state index is -1.14. The van der Waals surface area contributed by atoms with Crippen molar-refractivity contribution in [1.29, 1.82) is 0 Å². The van der Waals surface area contributed by atoms with E-state index >= 15 is 0 Å². The number of aliphatic carboxylic acids is 1. The Morgan fingerprint density at radius 3 is 2.46 bits per heavy atom. The molecule has 72 valence electrons. The molecule has 0 aliphatic carbocycles. The molecular weight excluding hydrogens is 170 g/mol. The Bertz CT molecular complexity index is 245. The molecule has 1 N–H and O–H groups in total. The fourth-order valence-electron chi connectivity index (χ4n) is 0.689. The van der Waals surface area contributed by atoms with Crippen molar-refractivity contribution in [3.05, 3.63) is 24.8 Å². The maximum atomic E-state index is 11.2. The number of rotatable bonds is 5. The molecule has 0 rings (SSSR count). The van der Waals surface area contributed by atoms with Crippen molar-refractivity contribution in [2.24, 2.45) is 0 Å². The molecule has 0 aromatic carbocycles. The fourth-order valence-corrected chi connectivity index (χ4v) is 0.689. The zero-order valence-electron chi connectivity index (χ0n) is 7.62. The van der Waals surface area contributed by atoms with E-state index in [4.69, 9.17) is 5.11 Å². The van der Waals surface area contributed by atoms with Gasteiger partial charge in [0, 0.05) is 19.2 Å². The molecule has 0 aromatic rings. The van der Waals surface area contributed by atoms with E-state index in [-0.39, 0.29) is 17.9 Å². The predicted octanol–water partition coefficient (Wildman–Crippen LogP) is 0.662. The zero-order valence-corrected chi connectivity index (χ0v) is 7.62. The van der Waals surface area contributed by atoms with Crippen molar-refractivity contribution in [1.82, 2.24) is 4.90 Å². The first kappa shape index (κ1) is 11.4. The normalized spacial score (nSPS) is 9.00. The van der Waals surface area contributed by atoms with Crippen molar-refractivity contribution in [3.8, 4) is 0 Å². The van der Waals surface area contributed by atoms with Gasteiger partial charge in [-0.3, -0.25) is 4.79 Å². The molecule has 4 heteroatoms. The lowest BCUT2D eigenvalue weighted by Crippen LogP contribution is -2.27. The molecule has 0 saturated heterocycles. The summed E-state index contributed by atoms with van der Waals surface area (Å²) in [6.45, 7) is 7.14. The molecule has 0 fully saturated rings. The highest BCUT2D eigenvalue weighted by atomic mass is 16.4. The van der Waals surface area contributed by atoms with Crippen LogP contribution in [0.1, 0.15) is 6.42 Å². The average Bonchev–Trinajstić information content (AvgIpc) is 2.04. The fraction of sp³-hybridized carbons (Fsp3) is 0.333. The van der Waals surface area contributed by atoms with E-state index in [1.54, 1.807) is 13.1 Å². The smallest absolute Gasteiger partial charge is 0.331 e. The number of carboxylic acid groups (broad SMARTS) is 1. The highest BCUT2D eigenvalue weighted by Crippen LogP contribution is 2.01. The Hall–Kier alpha value is -1.58. The Morgan fingerprint density at radius 2 is 2.08 bits per heavy atom. The number of nitrogens with zero attached hydrogens (tertiary/aromatic N) is 1. The van der Waals surface area contributed by atoms with E-state index in [1.165, 1.54) is 4.90 Å². The van der Waals surface area contributed by atoms with Crippen LogP contribution < -0.4 is 0 Å². The first-order valence-electron chi connectivity index (χ1n) is 3.75. The van der Waals surface area contributed by atoms with E-state index in [1.807, 2.05) is 0 Å². The number of carbonyl (C=O) groups excluding carboxylic acids is 1. The number of carboxylic acids is 1. The molecule has 1 amide bonds. The lowest BCUT2D eigenvalue weighted by atomic mass is 10.2. The number of hydrogen-bond acceptors (Lipinski definition) is 2. The van der Waals surface area contributed by atoms with E-state index in [2.05, 4.69) is 13.2 Å². The van der Waals surface area contributed by atoms with Gasteiger partial charge in [0.15, 0.2) is 0 Å². The number of hydrogen-bond donors (Lipinski definition) is 1. The second kappa shape index (κ2) is 5.13. The summed E-state index contributed by atoms with van der Waals surface area (Å²) in [7, 11) is 1.58. The molecule has 0 atom stereocenters. The summed E-state index contributed by atoms with van der Waals surface area (Å²) in [5.41, 5.74) is -0.0964. The SMILES string of the molecule is C=CCN(C)C(=O)CC(=C)C(=O)O. The lowest BCUT2D eigenvalue weighted by molar-refractivity contribution is -0.135. The molecule has 0 aromatic heterocycles. The van der Waals surface area contributed by atoms with Gasteiger partial charge in [-0.15, -0.1) is 6.58 Å². The monoisotopic (exact) mass is 183 g/mol. The maximum Gasteiger partial charge on any atom is 0.331 e. The minimum absolute atomic E-state index is 0.0964. The van der Waals surface area contributed by atoms with Gasteiger partial charge in [-0.1, -0.05) is 12.7 Å². The first-order valence-corrected chi connectivity index (χ1v) is 3.75. The van der Waals surface area contributed by atoms with Crippen LogP contribution in [-0.4, -0.2) is 35.5 Å². The van der Waals surface area contributed by atoms with Gasteiger partial charge in [-0.05, 0) is 0 Å². The molecule has 0 bridgehead atoms. The molecule has 0 aliphatic rings. The van der Waals surface area contributed by atoms with E-state index in [0.717, 1.165) is 0 Å². The van der Waals surface area contributed by atoms with Gasteiger partial charge < -0.3 is 10.0 Å². The van der Waals surface area contributed by atoms with Crippen molar-refractivity contribution in [2.45, 2.75) is 6.42 Å². The van der Waals surface area contributed by atoms with Crippen LogP contribution in [0.5, 0.6) is 0 Å². The Kier molecular flexibility index (Phi) is 4.51. The molecule has 0 unspecified atom stereocenters. The third-order valence-electron chi connectivity index (χ3n) is 1.50. The second-order valence-electron chi connectivity index (χ2n) is 2.65. The van der Waals surface area contributed by atoms with Crippen LogP contribution in [0.3, 0.4) is 0 Å². The van der Waals surface area contributed by atoms with Crippen LogP contribution in [0.4, 0.5) is 0 Å². The number of likely N-dealkylation sites (N-methyl/N-ethyl adjacent to an activating group) is 1. The average molecular weight is 183 g/mol. The van der Waals surface area contributed by atoms with Gasteiger partial charge >= 0.3 is 5.97 Å². The van der Waals surface area contributed by atoms with Gasteiger partial charge in [0.2, 0.25) is 5.91 Å².